The molecule has 2 aliphatic heterocycles. The maximum absolute atomic E-state index is 10.9. The quantitative estimate of drug-likeness (QED) is 0.767. The van der Waals surface area contributed by atoms with Crippen LogP contribution in [0.15, 0.2) is 0 Å². The van der Waals surface area contributed by atoms with E-state index in [-0.39, 0.29) is 0 Å². The van der Waals surface area contributed by atoms with E-state index in [1.165, 1.54) is 45.2 Å². The van der Waals surface area contributed by atoms with Crippen molar-refractivity contribution in [3.8, 4) is 0 Å². The van der Waals surface area contributed by atoms with Gasteiger partial charge in [-0.25, -0.2) is 0 Å². The molecule has 2 aliphatic rings. The lowest BCUT2D eigenvalue weighted by molar-refractivity contribution is -0.129. The Bertz CT molecular complexity index is 162. The second-order valence-electron chi connectivity index (χ2n) is 4.25. The molecule has 0 radical (unpaired) electrons. The molecular weight excluding hydrogens is 212 g/mol. The van der Waals surface area contributed by atoms with E-state index in [2.05, 4.69) is 5.32 Å². The molecule has 2 saturated heterocycles. The molecule has 0 atom stereocenters. The first-order valence-electron chi connectivity index (χ1n) is 7.33. The third-order valence-corrected chi connectivity index (χ3v) is 2.97. The fourth-order valence-electron chi connectivity index (χ4n) is 1.99. The number of hydrogen-bond donors (Lipinski definition) is 1. The largest absolute Gasteiger partial charge is 0.343 e. The van der Waals surface area contributed by atoms with Crippen molar-refractivity contribution < 1.29 is 4.79 Å². The third-order valence-electron chi connectivity index (χ3n) is 2.97. The van der Waals surface area contributed by atoms with E-state index < -0.39 is 0 Å². The van der Waals surface area contributed by atoms with Gasteiger partial charge in [-0.1, -0.05) is 27.2 Å². The zero-order chi connectivity index (χ0) is 12.9. The molecule has 3 nitrogen and oxygen atoms in total. The number of hydrogen-bond acceptors (Lipinski definition) is 2. The molecule has 0 unspecified atom stereocenters. The molecule has 0 aromatic carbocycles. The SMILES string of the molecule is C1CCNCC1.CC.CCC(=O)N1CCCC1. The Morgan fingerprint density at radius 2 is 1.53 bits per heavy atom. The molecule has 0 aromatic rings. The minimum atomic E-state index is 0.313. The molecule has 3 heteroatoms. The highest BCUT2D eigenvalue weighted by Crippen LogP contribution is 2.07. The summed E-state index contributed by atoms with van der Waals surface area (Å²) in [5.41, 5.74) is 0. The molecule has 1 amide bonds. The van der Waals surface area contributed by atoms with Gasteiger partial charge in [-0.3, -0.25) is 4.79 Å². The van der Waals surface area contributed by atoms with Crippen LogP contribution < -0.4 is 5.32 Å². The zero-order valence-electron chi connectivity index (χ0n) is 11.9. The first-order valence-corrected chi connectivity index (χ1v) is 7.33. The molecule has 2 heterocycles. The summed E-state index contributed by atoms with van der Waals surface area (Å²) in [5.74, 6) is 0.313. The Balaban J connectivity index is 0.000000278. The minimum Gasteiger partial charge on any atom is -0.343 e. The van der Waals surface area contributed by atoms with Gasteiger partial charge in [0.2, 0.25) is 5.91 Å². The Labute approximate surface area is 107 Å². The van der Waals surface area contributed by atoms with E-state index >= 15 is 0 Å². The summed E-state index contributed by atoms with van der Waals surface area (Å²) < 4.78 is 0. The summed E-state index contributed by atoms with van der Waals surface area (Å²) in [6.07, 6.45) is 7.28. The maximum atomic E-state index is 10.9. The highest BCUT2D eigenvalue weighted by molar-refractivity contribution is 5.75. The fourth-order valence-corrected chi connectivity index (χ4v) is 1.99. The lowest BCUT2D eigenvalue weighted by Gasteiger charge is -2.12. The van der Waals surface area contributed by atoms with E-state index in [1.807, 2.05) is 25.7 Å². The average Bonchev–Trinajstić information content (AvgIpc) is 2.97. The van der Waals surface area contributed by atoms with Gasteiger partial charge >= 0.3 is 0 Å². The van der Waals surface area contributed by atoms with Gasteiger partial charge in [-0.05, 0) is 38.8 Å². The molecule has 17 heavy (non-hydrogen) atoms. The maximum Gasteiger partial charge on any atom is 0.222 e. The first kappa shape index (κ1) is 16.4. The number of likely N-dealkylation sites (tertiary alicyclic amines) is 1. The van der Waals surface area contributed by atoms with E-state index in [1.54, 1.807) is 0 Å². The van der Waals surface area contributed by atoms with Crippen LogP contribution in [0.5, 0.6) is 0 Å². The van der Waals surface area contributed by atoms with Crippen LogP contribution >= 0.6 is 0 Å². The zero-order valence-corrected chi connectivity index (χ0v) is 11.9. The van der Waals surface area contributed by atoms with Crippen LogP contribution in [-0.4, -0.2) is 37.0 Å². The molecule has 1 N–H and O–H groups in total. The summed E-state index contributed by atoms with van der Waals surface area (Å²) in [5, 5.41) is 3.28. The number of carbonyl (C=O) groups is 1. The van der Waals surface area contributed by atoms with Crippen LogP contribution in [0.2, 0.25) is 0 Å². The number of amides is 1. The number of carbonyl (C=O) groups excluding carboxylic acids is 1. The van der Waals surface area contributed by atoms with Crippen molar-refractivity contribution in [1.82, 2.24) is 10.2 Å². The van der Waals surface area contributed by atoms with E-state index in [9.17, 15) is 4.79 Å². The van der Waals surface area contributed by atoms with Crippen LogP contribution in [0.4, 0.5) is 0 Å². The van der Waals surface area contributed by atoms with Gasteiger partial charge in [0, 0.05) is 19.5 Å². The lowest BCUT2D eigenvalue weighted by Crippen LogP contribution is -2.26. The highest BCUT2D eigenvalue weighted by atomic mass is 16.2. The Morgan fingerprint density at radius 1 is 1.00 bits per heavy atom. The molecule has 0 saturated carbocycles. The third kappa shape index (κ3) is 8.19. The second kappa shape index (κ2) is 11.9. The number of piperidine rings is 1. The van der Waals surface area contributed by atoms with Gasteiger partial charge < -0.3 is 10.2 Å². The number of rotatable bonds is 1. The highest BCUT2D eigenvalue weighted by Gasteiger charge is 2.14. The van der Waals surface area contributed by atoms with Crippen molar-refractivity contribution in [1.29, 1.82) is 0 Å². The Hall–Kier alpha value is -0.570. The molecule has 0 spiro atoms. The fraction of sp³-hybridized carbons (Fsp3) is 0.929. The van der Waals surface area contributed by atoms with Gasteiger partial charge in [0.1, 0.15) is 0 Å². The lowest BCUT2D eigenvalue weighted by atomic mass is 10.2. The van der Waals surface area contributed by atoms with Crippen molar-refractivity contribution in [2.24, 2.45) is 0 Å². The molecule has 0 aliphatic carbocycles. The van der Waals surface area contributed by atoms with Crippen molar-refractivity contribution >= 4 is 5.91 Å². The molecule has 0 aromatic heterocycles. The summed E-state index contributed by atoms with van der Waals surface area (Å²) in [6, 6.07) is 0. The average molecular weight is 242 g/mol. The Morgan fingerprint density at radius 3 is 1.82 bits per heavy atom. The normalized spacial score (nSPS) is 18.6. The molecule has 2 fully saturated rings. The monoisotopic (exact) mass is 242 g/mol. The standard InChI is InChI=1S/C7H13NO.C5H11N.C2H6/c1-2-7(9)8-5-3-4-6-8;1-2-4-6-5-3-1;1-2/h2-6H2,1H3;6H,1-5H2;1-2H3. The van der Waals surface area contributed by atoms with Crippen molar-refractivity contribution in [2.45, 2.75) is 59.3 Å². The van der Waals surface area contributed by atoms with Gasteiger partial charge in [-0.15, -0.1) is 0 Å². The van der Waals surface area contributed by atoms with Gasteiger partial charge in [-0.2, -0.15) is 0 Å². The van der Waals surface area contributed by atoms with E-state index in [0.29, 0.717) is 12.3 Å². The van der Waals surface area contributed by atoms with E-state index in [4.69, 9.17) is 0 Å². The number of nitrogens with zero attached hydrogens (tertiary/aromatic N) is 1. The molecule has 2 rings (SSSR count). The second-order valence-corrected chi connectivity index (χ2v) is 4.25. The van der Waals surface area contributed by atoms with Crippen LogP contribution in [-0.2, 0) is 4.79 Å². The molecular formula is C14H30N2O. The predicted molar refractivity (Wildman–Crippen MR) is 74.2 cm³/mol. The summed E-state index contributed by atoms with van der Waals surface area (Å²) in [4.78, 5) is 12.9. The van der Waals surface area contributed by atoms with Crippen molar-refractivity contribution in [3.05, 3.63) is 0 Å². The molecule has 0 bridgehead atoms. The minimum absolute atomic E-state index is 0.313. The smallest absolute Gasteiger partial charge is 0.222 e. The summed E-state index contributed by atoms with van der Waals surface area (Å²) >= 11 is 0. The van der Waals surface area contributed by atoms with E-state index in [0.717, 1.165) is 13.1 Å². The van der Waals surface area contributed by atoms with Crippen LogP contribution in [0.1, 0.15) is 59.3 Å². The van der Waals surface area contributed by atoms with Crippen molar-refractivity contribution in [3.63, 3.8) is 0 Å². The van der Waals surface area contributed by atoms with Gasteiger partial charge in [0.05, 0.1) is 0 Å². The first-order chi connectivity index (χ1) is 8.34. The Kier molecular flexibility index (Phi) is 11.5. The predicted octanol–water partition coefficient (Wildman–Crippen LogP) is 2.80. The number of nitrogens with one attached hydrogen (secondary N) is 1. The molecule has 102 valence electrons. The van der Waals surface area contributed by atoms with Crippen molar-refractivity contribution in [2.75, 3.05) is 26.2 Å². The van der Waals surface area contributed by atoms with Gasteiger partial charge in [0.15, 0.2) is 0 Å². The van der Waals surface area contributed by atoms with Crippen LogP contribution in [0.3, 0.4) is 0 Å². The topological polar surface area (TPSA) is 32.3 Å². The van der Waals surface area contributed by atoms with Crippen LogP contribution in [0.25, 0.3) is 0 Å². The van der Waals surface area contributed by atoms with Gasteiger partial charge in [0.25, 0.3) is 0 Å². The van der Waals surface area contributed by atoms with Crippen LogP contribution in [0, 0.1) is 0 Å². The summed E-state index contributed by atoms with van der Waals surface area (Å²) in [6.45, 7) is 10.4. The summed E-state index contributed by atoms with van der Waals surface area (Å²) in [7, 11) is 0.